The van der Waals surface area contributed by atoms with E-state index in [0.29, 0.717) is 17.8 Å². The number of nitrogens with one attached hydrogen (secondary N) is 1. The van der Waals surface area contributed by atoms with Crippen LogP contribution < -0.4 is 5.32 Å². The van der Waals surface area contributed by atoms with Gasteiger partial charge in [-0.1, -0.05) is 19.3 Å². The molecular weight excluding hydrogens is 308 g/mol. The first-order chi connectivity index (χ1) is 11.3. The standard InChI is InChI=1S/C17H28N4OS/c1-23-16-8-4-5-10-20(13-16)17(22)18-12-14-9-11-21(19-14)15-6-2-3-7-15/h9,11,15-16H,2-8,10,12-13H2,1H3,(H,18,22)/t16-/m1/s1. The highest BCUT2D eigenvalue weighted by Gasteiger charge is 2.22. The summed E-state index contributed by atoms with van der Waals surface area (Å²) in [7, 11) is 0. The molecule has 1 aromatic rings. The number of urea groups is 1. The van der Waals surface area contributed by atoms with Gasteiger partial charge in [0.25, 0.3) is 0 Å². The second kappa shape index (κ2) is 8.08. The second-order valence-corrected chi connectivity index (χ2v) is 7.82. The number of aromatic nitrogens is 2. The highest BCUT2D eigenvalue weighted by atomic mass is 32.2. The van der Waals surface area contributed by atoms with E-state index < -0.39 is 0 Å². The van der Waals surface area contributed by atoms with Gasteiger partial charge in [-0.3, -0.25) is 4.68 Å². The average Bonchev–Trinajstić information content (AvgIpc) is 3.19. The number of thioether (sulfide) groups is 1. The second-order valence-electron chi connectivity index (χ2n) is 6.68. The number of amides is 2. The van der Waals surface area contributed by atoms with Crippen molar-refractivity contribution in [2.24, 2.45) is 0 Å². The van der Waals surface area contributed by atoms with E-state index in [4.69, 9.17) is 0 Å². The molecule has 1 aliphatic carbocycles. The molecule has 0 aromatic carbocycles. The Kier molecular flexibility index (Phi) is 5.86. The van der Waals surface area contributed by atoms with Crippen LogP contribution in [-0.4, -0.2) is 45.3 Å². The van der Waals surface area contributed by atoms with Crippen molar-refractivity contribution in [3.8, 4) is 0 Å². The first kappa shape index (κ1) is 16.7. The van der Waals surface area contributed by atoms with Gasteiger partial charge in [-0.05, 0) is 38.0 Å². The number of likely N-dealkylation sites (tertiary alicyclic amines) is 1. The zero-order valence-corrected chi connectivity index (χ0v) is 14.9. The minimum absolute atomic E-state index is 0.0568. The number of rotatable bonds is 4. The molecule has 23 heavy (non-hydrogen) atoms. The van der Waals surface area contributed by atoms with E-state index in [1.54, 1.807) is 0 Å². The summed E-state index contributed by atoms with van der Waals surface area (Å²) in [6.45, 7) is 2.27. The van der Waals surface area contributed by atoms with Crippen LogP contribution in [0.5, 0.6) is 0 Å². The summed E-state index contributed by atoms with van der Waals surface area (Å²) >= 11 is 1.87. The van der Waals surface area contributed by atoms with Crippen LogP contribution in [0.25, 0.3) is 0 Å². The van der Waals surface area contributed by atoms with E-state index in [2.05, 4.69) is 27.5 Å². The molecule has 1 N–H and O–H groups in total. The Labute approximate surface area is 143 Å². The van der Waals surface area contributed by atoms with E-state index in [9.17, 15) is 4.79 Å². The Morgan fingerprint density at radius 2 is 2.09 bits per heavy atom. The molecule has 1 saturated carbocycles. The van der Waals surface area contributed by atoms with Gasteiger partial charge in [0.15, 0.2) is 0 Å². The number of carbonyl (C=O) groups is 1. The fraction of sp³-hybridized carbons (Fsp3) is 0.765. The van der Waals surface area contributed by atoms with E-state index >= 15 is 0 Å². The summed E-state index contributed by atoms with van der Waals surface area (Å²) in [4.78, 5) is 14.4. The van der Waals surface area contributed by atoms with Gasteiger partial charge in [0, 0.05) is 24.5 Å². The maximum absolute atomic E-state index is 12.4. The van der Waals surface area contributed by atoms with Crippen molar-refractivity contribution in [1.82, 2.24) is 20.0 Å². The van der Waals surface area contributed by atoms with Crippen molar-refractivity contribution in [2.45, 2.75) is 62.8 Å². The molecule has 0 bridgehead atoms. The number of hydrogen-bond donors (Lipinski definition) is 1. The molecule has 1 saturated heterocycles. The molecule has 1 aromatic heterocycles. The Morgan fingerprint density at radius 1 is 1.30 bits per heavy atom. The van der Waals surface area contributed by atoms with Crippen molar-refractivity contribution in [2.75, 3.05) is 19.3 Å². The third-order valence-corrected chi connectivity index (χ3v) is 6.08. The molecule has 2 aliphatic rings. The molecule has 1 aliphatic heterocycles. The molecule has 0 spiro atoms. The lowest BCUT2D eigenvalue weighted by Gasteiger charge is -2.23. The van der Waals surface area contributed by atoms with E-state index in [1.165, 1.54) is 38.5 Å². The van der Waals surface area contributed by atoms with Gasteiger partial charge in [0.05, 0.1) is 18.3 Å². The summed E-state index contributed by atoms with van der Waals surface area (Å²) in [5.74, 6) is 0. The van der Waals surface area contributed by atoms with Gasteiger partial charge >= 0.3 is 6.03 Å². The fourth-order valence-corrected chi connectivity index (χ4v) is 4.33. The first-order valence-corrected chi connectivity index (χ1v) is 10.1. The SMILES string of the molecule is CS[C@@H]1CCCCN(C(=O)NCc2ccn(C3CCCC3)n2)C1. The van der Waals surface area contributed by atoms with Crippen LogP contribution in [0.4, 0.5) is 4.79 Å². The van der Waals surface area contributed by atoms with Crippen LogP contribution in [0.3, 0.4) is 0 Å². The molecule has 0 radical (unpaired) electrons. The van der Waals surface area contributed by atoms with E-state index in [1.807, 2.05) is 22.7 Å². The number of hydrogen-bond acceptors (Lipinski definition) is 3. The van der Waals surface area contributed by atoms with Crippen molar-refractivity contribution in [3.05, 3.63) is 18.0 Å². The Hall–Kier alpha value is -1.17. The largest absolute Gasteiger partial charge is 0.332 e. The highest BCUT2D eigenvalue weighted by molar-refractivity contribution is 7.99. The predicted molar refractivity (Wildman–Crippen MR) is 94.7 cm³/mol. The smallest absolute Gasteiger partial charge is 0.317 e. The molecule has 1 atom stereocenters. The maximum Gasteiger partial charge on any atom is 0.317 e. The Balaban J connectivity index is 1.50. The quantitative estimate of drug-likeness (QED) is 0.916. The van der Waals surface area contributed by atoms with Crippen LogP contribution in [0.15, 0.2) is 12.3 Å². The third-order valence-electron chi connectivity index (χ3n) is 5.03. The molecular formula is C17H28N4OS. The predicted octanol–water partition coefficient (Wildman–Crippen LogP) is 3.43. The molecule has 2 fully saturated rings. The molecule has 128 valence electrons. The lowest BCUT2D eigenvalue weighted by atomic mass is 10.2. The molecule has 2 amide bonds. The van der Waals surface area contributed by atoms with Crippen molar-refractivity contribution < 1.29 is 4.79 Å². The van der Waals surface area contributed by atoms with Crippen LogP contribution >= 0.6 is 11.8 Å². The van der Waals surface area contributed by atoms with Crippen LogP contribution in [0.2, 0.25) is 0 Å². The third kappa shape index (κ3) is 4.43. The van der Waals surface area contributed by atoms with Crippen molar-refractivity contribution in [1.29, 1.82) is 0 Å². The summed E-state index contributed by atoms with van der Waals surface area (Å²) in [6, 6.07) is 2.65. The monoisotopic (exact) mass is 336 g/mol. The van der Waals surface area contributed by atoms with Crippen molar-refractivity contribution in [3.63, 3.8) is 0 Å². The summed E-state index contributed by atoms with van der Waals surface area (Å²) in [6.07, 6.45) is 12.8. The Morgan fingerprint density at radius 3 is 2.87 bits per heavy atom. The van der Waals surface area contributed by atoms with Gasteiger partial charge in [-0.15, -0.1) is 0 Å². The van der Waals surface area contributed by atoms with Gasteiger partial charge < -0.3 is 10.2 Å². The molecule has 6 heteroatoms. The topological polar surface area (TPSA) is 50.2 Å². The molecule has 5 nitrogen and oxygen atoms in total. The maximum atomic E-state index is 12.4. The fourth-order valence-electron chi connectivity index (χ4n) is 3.60. The molecule has 3 rings (SSSR count). The lowest BCUT2D eigenvalue weighted by Crippen LogP contribution is -2.42. The summed E-state index contributed by atoms with van der Waals surface area (Å²) in [5.41, 5.74) is 0.960. The lowest BCUT2D eigenvalue weighted by molar-refractivity contribution is 0.199. The zero-order valence-electron chi connectivity index (χ0n) is 14.0. The van der Waals surface area contributed by atoms with E-state index in [0.717, 1.165) is 25.2 Å². The highest BCUT2D eigenvalue weighted by Crippen LogP contribution is 2.28. The molecule has 0 unspecified atom stereocenters. The van der Waals surface area contributed by atoms with Gasteiger partial charge in [-0.25, -0.2) is 4.79 Å². The first-order valence-electron chi connectivity index (χ1n) is 8.86. The van der Waals surface area contributed by atoms with Gasteiger partial charge in [-0.2, -0.15) is 16.9 Å². The average molecular weight is 337 g/mol. The summed E-state index contributed by atoms with van der Waals surface area (Å²) < 4.78 is 2.09. The van der Waals surface area contributed by atoms with Crippen LogP contribution in [0.1, 0.15) is 56.7 Å². The zero-order chi connectivity index (χ0) is 16.1. The van der Waals surface area contributed by atoms with Crippen LogP contribution in [0, 0.1) is 0 Å². The normalized spacial score (nSPS) is 23.0. The van der Waals surface area contributed by atoms with E-state index in [-0.39, 0.29) is 6.03 Å². The summed E-state index contributed by atoms with van der Waals surface area (Å²) in [5, 5.41) is 8.26. The van der Waals surface area contributed by atoms with Crippen LogP contribution in [-0.2, 0) is 6.54 Å². The number of nitrogens with zero attached hydrogens (tertiary/aromatic N) is 3. The van der Waals surface area contributed by atoms with Gasteiger partial charge in [0.2, 0.25) is 0 Å². The molecule has 2 heterocycles. The minimum atomic E-state index is 0.0568. The minimum Gasteiger partial charge on any atom is -0.332 e. The number of carbonyl (C=O) groups excluding carboxylic acids is 1. The van der Waals surface area contributed by atoms with Crippen molar-refractivity contribution >= 4 is 17.8 Å². The van der Waals surface area contributed by atoms with Gasteiger partial charge in [0.1, 0.15) is 0 Å². The Bertz CT molecular complexity index is 512.